The van der Waals surface area contributed by atoms with E-state index in [1.165, 1.54) is 32.2 Å². The molecule has 2 aliphatic carbocycles. The number of halogens is 2. The Kier molecular flexibility index (Phi) is 3.31. The van der Waals surface area contributed by atoms with Crippen LogP contribution in [-0.2, 0) is 5.88 Å². The number of aromatic nitrogens is 1. The smallest absolute Gasteiger partial charge is 0.133 e. The van der Waals surface area contributed by atoms with E-state index in [2.05, 4.69) is 31.9 Å². The Morgan fingerprint density at radius 1 is 1.35 bits per heavy atom. The van der Waals surface area contributed by atoms with E-state index < -0.39 is 0 Å². The first-order valence-electron chi connectivity index (χ1n) is 6.25. The first-order chi connectivity index (χ1) is 8.28. The van der Waals surface area contributed by atoms with E-state index in [1.807, 2.05) is 6.20 Å². The van der Waals surface area contributed by atoms with Crippen molar-refractivity contribution in [2.75, 3.05) is 11.4 Å². The van der Waals surface area contributed by atoms with Crippen LogP contribution in [0.3, 0.4) is 0 Å². The maximum atomic E-state index is 6.04. The molecule has 92 valence electrons. The van der Waals surface area contributed by atoms with E-state index in [-0.39, 0.29) is 0 Å². The first kappa shape index (κ1) is 11.8. The summed E-state index contributed by atoms with van der Waals surface area (Å²) in [5, 5.41) is 0. The predicted octanol–water partition coefficient (Wildman–Crippen LogP) is 3.96. The van der Waals surface area contributed by atoms with Gasteiger partial charge in [-0.15, -0.1) is 11.6 Å². The Labute approximate surface area is 115 Å². The number of rotatable bonds is 5. The molecule has 3 rings (SSSR count). The summed E-state index contributed by atoms with van der Waals surface area (Å²) >= 11 is 9.50. The molecule has 2 fully saturated rings. The number of hydrogen-bond acceptors (Lipinski definition) is 2. The van der Waals surface area contributed by atoms with Gasteiger partial charge in [-0.05, 0) is 53.6 Å². The number of alkyl halides is 1. The fourth-order valence-corrected chi connectivity index (χ4v) is 2.78. The molecule has 17 heavy (non-hydrogen) atoms. The van der Waals surface area contributed by atoms with Crippen LogP contribution in [0.5, 0.6) is 0 Å². The van der Waals surface area contributed by atoms with Crippen LogP contribution in [0.2, 0.25) is 0 Å². The van der Waals surface area contributed by atoms with Crippen LogP contribution in [0.15, 0.2) is 16.7 Å². The monoisotopic (exact) mass is 314 g/mol. The van der Waals surface area contributed by atoms with E-state index in [0.717, 1.165) is 21.8 Å². The topological polar surface area (TPSA) is 16.1 Å². The van der Waals surface area contributed by atoms with Gasteiger partial charge in [0.15, 0.2) is 0 Å². The quantitative estimate of drug-likeness (QED) is 0.765. The molecule has 0 aliphatic heterocycles. The number of anilines is 1. The molecular formula is C13H16BrClN2. The van der Waals surface area contributed by atoms with Gasteiger partial charge in [0.05, 0.1) is 5.88 Å². The van der Waals surface area contributed by atoms with Crippen molar-refractivity contribution >= 4 is 33.3 Å². The molecule has 2 saturated carbocycles. The van der Waals surface area contributed by atoms with Gasteiger partial charge in [0.2, 0.25) is 0 Å². The molecule has 1 aromatic heterocycles. The number of hydrogen-bond donors (Lipinski definition) is 0. The average Bonchev–Trinajstić information content (AvgIpc) is 3.18. The number of nitrogens with zero attached hydrogens (tertiary/aromatic N) is 2. The fraction of sp³-hybridized carbons (Fsp3) is 0.615. The molecule has 1 heterocycles. The minimum Gasteiger partial charge on any atom is -0.353 e. The van der Waals surface area contributed by atoms with E-state index in [1.54, 1.807) is 0 Å². The van der Waals surface area contributed by atoms with Crippen LogP contribution in [0.25, 0.3) is 0 Å². The molecule has 0 amide bonds. The zero-order valence-electron chi connectivity index (χ0n) is 9.70. The van der Waals surface area contributed by atoms with Crippen LogP contribution in [0, 0.1) is 5.92 Å². The standard InChI is InChI=1S/C13H16BrClN2/c14-11-5-10(6-15)13(16-7-11)17(12-3-4-12)8-9-1-2-9/h5,7,9,12H,1-4,6,8H2. The molecule has 0 radical (unpaired) electrons. The van der Waals surface area contributed by atoms with Crippen molar-refractivity contribution in [2.45, 2.75) is 37.6 Å². The van der Waals surface area contributed by atoms with Crippen molar-refractivity contribution in [1.29, 1.82) is 0 Å². The Balaban J connectivity index is 1.87. The summed E-state index contributed by atoms with van der Waals surface area (Å²) in [6, 6.07) is 2.81. The summed E-state index contributed by atoms with van der Waals surface area (Å²) in [6.45, 7) is 1.17. The van der Waals surface area contributed by atoms with Crippen LogP contribution in [0.1, 0.15) is 31.2 Å². The van der Waals surface area contributed by atoms with Crippen LogP contribution in [0.4, 0.5) is 5.82 Å². The van der Waals surface area contributed by atoms with Gasteiger partial charge in [-0.2, -0.15) is 0 Å². The molecule has 4 heteroatoms. The Hall–Kier alpha value is -0.280. The molecule has 0 aromatic carbocycles. The second-order valence-corrected chi connectivity index (χ2v) is 6.28. The summed E-state index contributed by atoms with van der Waals surface area (Å²) in [6.07, 6.45) is 7.28. The highest BCUT2D eigenvalue weighted by atomic mass is 79.9. The van der Waals surface area contributed by atoms with E-state index in [0.29, 0.717) is 11.9 Å². The third-order valence-electron chi connectivity index (χ3n) is 3.46. The molecule has 2 nitrogen and oxygen atoms in total. The normalized spacial score (nSPS) is 19.4. The van der Waals surface area contributed by atoms with Gasteiger partial charge < -0.3 is 4.90 Å². The second kappa shape index (κ2) is 4.77. The third kappa shape index (κ3) is 2.76. The van der Waals surface area contributed by atoms with Crippen LogP contribution >= 0.6 is 27.5 Å². The van der Waals surface area contributed by atoms with Crippen molar-refractivity contribution in [3.8, 4) is 0 Å². The lowest BCUT2D eigenvalue weighted by molar-refractivity contribution is 0.706. The van der Waals surface area contributed by atoms with Crippen LogP contribution in [-0.4, -0.2) is 17.6 Å². The highest BCUT2D eigenvalue weighted by molar-refractivity contribution is 9.10. The Morgan fingerprint density at radius 3 is 2.71 bits per heavy atom. The summed E-state index contributed by atoms with van der Waals surface area (Å²) in [5.41, 5.74) is 1.15. The summed E-state index contributed by atoms with van der Waals surface area (Å²) in [5.74, 6) is 2.54. The molecule has 1 aromatic rings. The molecule has 0 saturated heterocycles. The molecule has 0 bridgehead atoms. The molecule has 0 unspecified atom stereocenters. The molecule has 0 atom stereocenters. The van der Waals surface area contributed by atoms with Gasteiger partial charge in [0, 0.05) is 28.8 Å². The van der Waals surface area contributed by atoms with Gasteiger partial charge in [0.1, 0.15) is 5.82 Å². The Morgan fingerprint density at radius 2 is 2.12 bits per heavy atom. The van der Waals surface area contributed by atoms with Crippen molar-refractivity contribution < 1.29 is 0 Å². The summed E-state index contributed by atoms with van der Waals surface area (Å²) in [7, 11) is 0. The molecule has 0 spiro atoms. The Bertz CT molecular complexity index is 416. The minimum absolute atomic E-state index is 0.537. The maximum Gasteiger partial charge on any atom is 0.133 e. The van der Waals surface area contributed by atoms with Gasteiger partial charge >= 0.3 is 0 Å². The van der Waals surface area contributed by atoms with Crippen LogP contribution < -0.4 is 4.90 Å². The van der Waals surface area contributed by atoms with Crippen molar-refractivity contribution in [2.24, 2.45) is 5.92 Å². The molecule has 2 aliphatic rings. The largest absolute Gasteiger partial charge is 0.353 e. The summed E-state index contributed by atoms with van der Waals surface area (Å²) in [4.78, 5) is 7.07. The first-order valence-corrected chi connectivity index (χ1v) is 7.57. The third-order valence-corrected chi connectivity index (χ3v) is 4.19. The zero-order chi connectivity index (χ0) is 11.8. The average molecular weight is 316 g/mol. The minimum atomic E-state index is 0.537. The van der Waals surface area contributed by atoms with E-state index in [4.69, 9.17) is 11.6 Å². The molecular weight excluding hydrogens is 300 g/mol. The van der Waals surface area contributed by atoms with Gasteiger partial charge in [-0.3, -0.25) is 0 Å². The lowest BCUT2D eigenvalue weighted by Crippen LogP contribution is -2.29. The van der Waals surface area contributed by atoms with Crippen molar-refractivity contribution in [3.63, 3.8) is 0 Å². The molecule has 0 N–H and O–H groups in total. The van der Waals surface area contributed by atoms with Crippen molar-refractivity contribution in [1.82, 2.24) is 4.98 Å². The maximum absolute atomic E-state index is 6.04. The predicted molar refractivity (Wildman–Crippen MR) is 74.6 cm³/mol. The van der Waals surface area contributed by atoms with E-state index >= 15 is 0 Å². The lowest BCUT2D eigenvalue weighted by Gasteiger charge is -2.25. The highest BCUT2D eigenvalue weighted by Gasteiger charge is 2.35. The highest BCUT2D eigenvalue weighted by Crippen LogP contribution is 2.38. The lowest BCUT2D eigenvalue weighted by atomic mass is 10.2. The van der Waals surface area contributed by atoms with Gasteiger partial charge in [0.25, 0.3) is 0 Å². The number of pyridine rings is 1. The van der Waals surface area contributed by atoms with Crippen molar-refractivity contribution in [3.05, 3.63) is 22.3 Å². The van der Waals surface area contributed by atoms with E-state index in [9.17, 15) is 0 Å². The SMILES string of the molecule is ClCc1cc(Br)cnc1N(CC1CC1)C1CC1. The fourth-order valence-electron chi connectivity index (χ4n) is 2.20. The summed E-state index contributed by atoms with van der Waals surface area (Å²) < 4.78 is 1.01. The second-order valence-electron chi connectivity index (χ2n) is 5.10. The van der Waals surface area contributed by atoms with Gasteiger partial charge in [-0.25, -0.2) is 4.98 Å². The zero-order valence-corrected chi connectivity index (χ0v) is 12.0. The van der Waals surface area contributed by atoms with Gasteiger partial charge in [-0.1, -0.05) is 0 Å².